The number of carbonyl (C=O) groups excluding carboxylic acids is 1. The molecule has 0 saturated heterocycles. The summed E-state index contributed by atoms with van der Waals surface area (Å²) in [5, 5.41) is 7.56. The lowest BCUT2D eigenvalue weighted by Crippen LogP contribution is -2.18. The second-order valence-electron chi connectivity index (χ2n) is 4.19. The van der Waals surface area contributed by atoms with Gasteiger partial charge in [-0.05, 0) is 17.6 Å². The first kappa shape index (κ1) is 12.6. The number of benzene rings is 1. The third-order valence-electron chi connectivity index (χ3n) is 2.71. The van der Waals surface area contributed by atoms with Crippen LogP contribution in [0.4, 0.5) is 5.00 Å². The molecule has 5 nitrogen and oxygen atoms in total. The summed E-state index contributed by atoms with van der Waals surface area (Å²) in [6, 6.07) is 13.5. The zero-order valence-electron chi connectivity index (χ0n) is 10.6. The van der Waals surface area contributed by atoms with Gasteiger partial charge in [0.25, 0.3) is 0 Å². The van der Waals surface area contributed by atoms with E-state index in [1.54, 1.807) is 23.1 Å². The fraction of sp³-hybridized carbons (Fsp3) is 0.0714. The molecule has 0 radical (unpaired) electrons. The number of aromatic nitrogens is 3. The van der Waals surface area contributed by atoms with Crippen LogP contribution in [0.2, 0.25) is 0 Å². The first-order valence-electron chi connectivity index (χ1n) is 6.11. The van der Waals surface area contributed by atoms with Crippen molar-refractivity contribution in [2.45, 2.75) is 6.54 Å². The van der Waals surface area contributed by atoms with E-state index < -0.39 is 0 Å². The standard InChI is InChI=1S/C14H12N4OS/c19-13(10-18-8-4-7-15-18)16-14-9-12(17-20-14)11-5-2-1-3-6-11/h1-9H,10H2,(H,16,19). The normalized spacial score (nSPS) is 10.4. The zero-order valence-corrected chi connectivity index (χ0v) is 11.4. The molecule has 100 valence electrons. The Bertz CT molecular complexity index is 691. The molecule has 3 aromatic rings. The topological polar surface area (TPSA) is 59.8 Å². The van der Waals surface area contributed by atoms with Crippen molar-refractivity contribution in [3.8, 4) is 11.3 Å². The summed E-state index contributed by atoms with van der Waals surface area (Å²) in [6.07, 6.45) is 3.40. The van der Waals surface area contributed by atoms with Gasteiger partial charge in [-0.1, -0.05) is 30.3 Å². The highest BCUT2D eigenvalue weighted by molar-refractivity contribution is 7.10. The third kappa shape index (κ3) is 2.92. The number of amides is 1. The molecule has 0 unspecified atom stereocenters. The maximum atomic E-state index is 11.8. The van der Waals surface area contributed by atoms with Gasteiger partial charge in [-0.2, -0.15) is 9.47 Å². The van der Waals surface area contributed by atoms with E-state index in [4.69, 9.17) is 0 Å². The molecule has 0 aliphatic carbocycles. The van der Waals surface area contributed by atoms with Crippen LogP contribution >= 0.6 is 11.5 Å². The van der Waals surface area contributed by atoms with Gasteiger partial charge in [-0.25, -0.2) is 0 Å². The van der Waals surface area contributed by atoms with Crippen LogP contribution in [-0.4, -0.2) is 20.1 Å². The molecule has 1 N–H and O–H groups in total. The summed E-state index contributed by atoms with van der Waals surface area (Å²) in [7, 11) is 0. The third-order valence-corrected chi connectivity index (χ3v) is 3.41. The van der Waals surface area contributed by atoms with E-state index >= 15 is 0 Å². The average molecular weight is 284 g/mol. The summed E-state index contributed by atoms with van der Waals surface area (Å²) in [5.41, 5.74) is 1.90. The molecular weight excluding hydrogens is 272 g/mol. The van der Waals surface area contributed by atoms with E-state index in [1.807, 2.05) is 36.4 Å². The number of carbonyl (C=O) groups is 1. The Hall–Kier alpha value is -2.47. The van der Waals surface area contributed by atoms with E-state index in [-0.39, 0.29) is 12.5 Å². The maximum Gasteiger partial charge on any atom is 0.246 e. The van der Waals surface area contributed by atoms with Gasteiger partial charge in [0.2, 0.25) is 5.91 Å². The van der Waals surface area contributed by atoms with Crippen molar-refractivity contribution in [1.29, 1.82) is 0 Å². The molecule has 0 aliphatic rings. The summed E-state index contributed by atoms with van der Waals surface area (Å²) in [5.74, 6) is -0.114. The fourth-order valence-electron chi connectivity index (χ4n) is 1.80. The molecular formula is C14H12N4OS. The first-order chi connectivity index (χ1) is 9.81. The van der Waals surface area contributed by atoms with Crippen molar-refractivity contribution in [2.24, 2.45) is 0 Å². The quantitative estimate of drug-likeness (QED) is 0.801. The van der Waals surface area contributed by atoms with Crippen LogP contribution in [0.15, 0.2) is 54.9 Å². The Morgan fingerprint density at radius 2 is 2.10 bits per heavy atom. The van der Waals surface area contributed by atoms with Gasteiger partial charge in [0.05, 0.1) is 5.69 Å². The van der Waals surface area contributed by atoms with Gasteiger partial charge in [0.1, 0.15) is 11.5 Å². The van der Waals surface area contributed by atoms with E-state index in [1.165, 1.54) is 11.5 Å². The van der Waals surface area contributed by atoms with Crippen LogP contribution < -0.4 is 5.32 Å². The summed E-state index contributed by atoms with van der Waals surface area (Å²) >= 11 is 1.27. The molecule has 0 aliphatic heterocycles. The zero-order chi connectivity index (χ0) is 13.8. The minimum absolute atomic E-state index is 0.114. The lowest BCUT2D eigenvalue weighted by atomic mass is 10.2. The molecule has 3 rings (SSSR count). The molecule has 6 heteroatoms. The largest absolute Gasteiger partial charge is 0.315 e. The molecule has 0 atom stereocenters. The number of hydrogen-bond donors (Lipinski definition) is 1. The smallest absolute Gasteiger partial charge is 0.246 e. The molecule has 1 aromatic carbocycles. The van der Waals surface area contributed by atoms with Gasteiger partial charge in [0, 0.05) is 24.0 Å². The average Bonchev–Trinajstić information content (AvgIpc) is 3.11. The maximum absolute atomic E-state index is 11.8. The molecule has 0 bridgehead atoms. The van der Waals surface area contributed by atoms with Gasteiger partial charge in [-0.3, -0.25) is 9.48 Å². The molecule has 2 heterocycles. The van der Waals surface area contributed by atoms with Crippen LogP contribution in [0.5, 0.6) is 0 Å². The van der Waals surface area contributed by atoms with Crippen molar-refractivity contribution in [1.82, 2.24) is 14.2 Å². The monoisotopic (exact) mass is 284 g/mol. The van der Waals surface area contributed by atoms with E-state index in [9.17, 15) is 4.79 Å². The predicted octanol–water partition coefficient (Wildman–Crippen LogP) is 2.65. The Kier molecular flexibility index (Phi) is 3.56. The number of nitrogens with zero attached hydrogens (tertiary/aromatic N) is 3. The molecule has 0 spiro atoms. The highest BCUT2D eigenvalue weighted by Crippen LogP contribution is 2.24. The molecule has 0 saturated carbocycles. The van der Waals surface area contributed by atoms with E-state index in [0.717, 1.165) is 16.3 Å². The van der Waals surface area contributed by atoms with Crippen molar-refractivity contribution in [3.05, 3.63) is 54.9 Å². The van der Waals surface area contributed by atoms with E-state index in [0.29, 0.717) is 0 Å². The number of anilines is 1. The Morgan fingerprint density at radius 3 is 2.85 bits per heavy atom. The SMILES string of the molecule is O=C(Cn1cccn1)Nc1cc(-c2ccccc2)ns1. The molecule has 1 amide bonds. The highest BCUT2D eigenvalue weighted by Gasteiger charge is 2.08. The van der Waals surface area contributed by atoms with Crippen LogP contribution in [0.1, 0.15) is 0 Å². The predicted molar refractivity (Wildman–Crippen MR) is 78.4 cm³/mol. The Balaban J connectivity index is 1.67. The van der Waals surface area contributed by atoms with Crippen molar-refractivity contribution < 1.29 is 4.79 Å². The van der Waals surface area contributed by atoms with Crippen molar-refractivity contribution >= 4 is 22.4 Å². The molecule has 2 aromatic heterocycles. The first-order valence-corrected chi connectivity index (χ1v) is 6.88. The van der Waals surface area contributed by atoms with Gasteiger partial charge in [0.15, 0.2) is 0 Å². The molecule has 0 fully saturated rings. The number of rotatable bonds is 4. The minimum atomic E-state index is -0.114. The summed E-state index contributed by atoms with van der Waals surface area (Å²) in [4.78, 5) is 11.8. The minimum Gasteiger partial charge on any atom is -0.315 e. The highest BCUT2D eigenvalue weighted by atomic mass is 32.1. The second-order valence-corrected chi connectivity index (χ2v) is 5.00. The van der Waals surface area contributed by atoms with Crippen LogP contribution in [0, 0.1) is 0 Å². The number of hydrogen-bond acceptors (Lipinski definition) is 4. The summed E-state index contributed by atoms with van der Waals surface area (Å²) < 4.78 is 5.92. The van der Waals surface area contributed by atoms with E-state index in [2.05, 4.69) is 14.8 Å². The van der Waals surface area contributed by atoms with Crippen molar-refractivity contribution in [2.75, 3.05) is 5.32 Å². The fourth-order valence-corrected chi connectivity index (χ4v) is 2.48. The van der Waals surface area contributed by atoms with Gasteiger partial charge >= 0.3 is 0 Å². The van der Waals surface area contributed by atoms with Gasteiger partial charge < -0.3 is 5.32 Å². The lowest BCUT2D eigenvalue weighted by molar-refractivity contribution is -0.116. The second kappa shape index (κ2) is 5.66. The Morgan fingerprint density at radius 1 is 1.25 bits per heavy atom. The van der Waals surface area contributed by atoms with Crippen LogP contribution in [0.3, 0.4) is 0 Å². The van der Waals surface area contributed by atoms with Crippen LogP contribution in [0.25, 0.3) is 11.3 Å². The van der Waals surface area contributed by atoms with Gasteiger partial charge in [-0.15, -0.1) is 0 Å². The number of nitrogens with one attached hydrogen (secondary N) is 1. The summed E-state index contributed by atoms with van der Waals surface area (Å²) in [6.45, 7) is 0.200. The van der Waals surface area contributed by atoms with Crippen molar-refractivity contribution in [3.63, 3.8) is 0 Å². The van der Waals surface area contributed by atoms with Crippen LogP contribution in [-0.2, 0) is 11.3 Å². The molecule has 20 heavy (non-hydrogen) atoms. The lowest BCUT2D eigenvalue weighted by Gasteiger charge is -2.01. The Labute approximate surface area is 120 Å².